The molecule has 1 N–H and O–H groups in total. The molecule has 1 aromatic heterocycles. The van der Waals surface area contributed by atoms with E-state index in [1.807, 2.05) is 48.1 Å². The van der Waals surface area contributed by atoms with Gasteiger partial charge in [-0.1, -0.05) is 38.1 Å². The average molecular weight is 461 g/mol. The molecule has 2 aromatic carbocycles. The van der Waals surface area contributed by atoms with E-state index < -0.39 is 0 Å². The smallest absolute Gasteiger partial charge is 0.251 e. The van der Waals surface area contributed by atoms with Crippen molar-refractivity contribution < 1.29 is 9.53 Å². The molecule has 1 amide bonds. The molecule has 3 aromatic rings. The predicted octanol–water partition coefficient (Wildman–Crippen LogP) is 4.81. The fraction of sp³-hybridized carbons (Fsp3) is 0.429. The molecule has 6 nitrogen and oxygen atoms in total. The molecule has 6 heteroatoms. The van der Waals surface area contributed by atoms with Crippen molar-refractivity contribution in [2.45, 2.75) is 39.5 Å². The molecule has 0 radical (unpaired) electrons. The van der Waals surface area contributed by atoms with Crippen molar-refractivity contribution >= 4 is 5.91 Å². The zero-order valence-corrected chi connectivity index (χ0v) is 20.6. The summed E-state index contributed by atoms with van der Waals surface area (Å²) in [5, 5.41) is 7.72. The van der Waals surface area contributed by atoms with E-state index in [1.54, 1.807) is 0 Å². The number of ether oxygens (including phenoxy) is 1. The van der Waals surface area contributed by atoms with Gasteiger partial charge in [-0.15, -0.1) is 0 Å². The van der Waals surface area contributed by atoms with E-state index in [1.165, 1.54) is 5.56 Å². The molecular weight excluding hydrogens is 424 g/mol. The molecule has 0 spiro atoms. The average Bonchev–Trinajstić information content (AvgIpc) is 3.32. The third-order valence-electron chi connectivity index (χ3n) is 6.72. The number of hydrogen-bond acceptors (Lipinski definition) is 4. The van der Waals surface area contributed by atoms with E-state index in [0.29, 0.717) is 18.0 Å². The van der Waals surface area contributed by atoms with Gasteiger partial charge in [0.05, 0.1) is 24.6 Å². The molecule has 180 valence electrons. The fourth-order valence-corrected chi connectivity index (χ4v) is 4.61. The number of aromatic nitrogens is 2. The van der Waals surface area contributed by atoms with Gasteiger partial charge in [-0.3, -0.25) is 9.69 Å². The highest BCUT2D eigenvalue weighted by Gasteiger charge is 2.16. The fourth-order valence-electron chi connectivity index (χ4n) is 4.61. The van der Waals surface area contributed by atoms with Crippen molar-refractivity contribution in [2.75, 3.05) is 39.4 Å². The van der Waals surface area contributed by atoms with Crippen LogP contribution in [0, 0.1) is 6.92 Å². The largest absolute Gasteiger partial charge is 0.379 e. The Morgan fingerprint density at radius 1 is 1.03 bits per heavy atom. The Kier molecular flexibility index (Phi) is 8.14. The summed E-state index contributed by atoms with van der Waals surface area (Å²) in [6.07, 6.45) is 4.22. The normalized spacial score (nSPS) is 14.5. The monoisotopic (exact) mass is 460 g/mol. The first kappa shape index (κ1) is 24.2. The molecule has 1 saturated heterocycles. The standard InChI is InChI=1S/C28H36N4O2/c1-4-22(5-2)26-11-10-25(20-27(26)32-14-12-21(3)30-32)23-6-8-24(9-7-23)28(33)29-13-15-31-16-18-34-19-17-31/h6-12,14,20,22H,4-5,13,15-19H2,1-3H3,(H,29,33). The molecule has 2 heterocycles. The van der Waals surface area contributed by atoms with Crippen molar-refractivity contribution in [1.82, 2.24) is 20.0 Å². The van der Waals surface area contributed by atoms with E-state index >= 15 is 0 Å². The lowest BCUT2D eigenvalue weighted by molar-refractivity contribution is 0.0383. The highest BCUT2D eigenvalue weighted by atomic mass is 16.5. The highest BCUT2D eigenvalue weighted by molar-refractivity contribution is 5.94. The number of morpholine rings is 1. The van der Waals surface area contributed by atoms with E-state index in [4.69, 9.17) is 4.74 Å². The van der Waals surface area contributed by atoms with Crippen LogP contribution in [0.1, 0.15) is 54.2 Å². The molecule has 0 bridgehead atoms. The SMILES string of the molecule is CCC(CC)c1ccc(-c2ccc(C(=O)NCCN3CCOCC3)cc2)cc1-n1ccc(C)n1. The van der Waals surface area contributed by atoms with Gasteiger partial charge in [-0.05, 0) is 66.6 Å². The summed E-state index contributed by atoms with van der Waals surface area (Å²) < 4.78 is 7.36. The summed E-state index contributed by atoms with van der Waals surface area (Å²) in [7, 11) is 0. The molecule has 1 aliphatic rings. The summed E-state index contributed by atoms with van der Waals surface area (Å²) in [4.78, 5) is 14.9. The number of benzene rings is 2. The lowest BCUT2D eigenvalue weighted by Gasteiger charge is -2.26. The Morgan fingerprint density at radius 3 is 2.38 bits per heavy atom. The van der Waals surface area contributed by atoms with Crippen LogP contribution < -0.4 is 5.32 Å². The minimum Gasteiger partial charge on any atom is -0.379 e. The number of nitrogens with zero attached hydrogens (tertiary/aromatic N) is 3. The van der Waals surface area contributed by atoms with Gasteiger partial charge >= 0.3 is 0 Å². The highest BCUT2D eigenvalue weighted by Crippen LogP contribution is 2.32. The van der Waals surface area contributed by atoms with Crippen LogP contribution in [0.25, 0.3) is 16.8 Å². The number of rotatable bonds is 9. The van der Waals surface area contributed by atoms with Crippen molar-refractivity contribution in [2.24, 2.45) is 0 Å². The number of aryl methyl sites for hydroxylation is 1. The zero-order valence-electron chi connectivity index (χ0n) is 20.6. The third kappa shape index (κ3) is 5.75. The first-order valence-electron chi connectivity index (χ1n) is 12.4. The molecule has 4 rings (SSSR count). The molecule has 1 aliphatic heterocycles. The van der Waals surface area contributed by atoms with Crippen LogP contribution in [0.4, 0.5) is 0 Å². The number of hydrogen-bond donors (Lipinski definition) is 1. The Balaban J connectivity index is 1.48. The lowest BCUT2D eigenvalue weighted by Crippen LogP contribution is -2.41. The maximum Gasteiger partial charge on any atom is 0.251 e. The molecular formula is C28H36N4O2. The number of nitrogens with one attached hydrogen (secondary N) is 1. The second-order valence-corrected chi connectivity index (χ2v) is 8.98. The van der Waals surface area contributed by atoms with Crippen molar-refractivity contribution in [3.05, 3.63) is 71.5 Å². The van der Waals surface area contributed by atoms with Crippen LogP contribution in [0.3, 0.4) is 0 Å². The second-order valence-electron chi connectivity index (χ2n) is 8.98. The summed E-state index contributed by atoms with van der Waals surface area (Å²) in [5.74, 6) is 0.466. The predicted molar refractivity (Wildman–Crippen MR) is 137 cm³/mol. The Morgan fingerprint density at radius 2 is 1.74 bits per heavy atom. The number of carbonyl (C=O) groups is 1. The van der Waals surface area contributed by atoms with Gasteiger partial charge in [-0.2, -0.15) is 5.10 Å². The van der Waals surface area contributed by atoms with Gasteiger partial charge in [0, 0.05) is 37.9 Å². The van der Waals surface area contributed by atoms with Gasteiger partial charge in [0.15, 0.2) is 0 Å². The number of carbonyl (C=O) groups excluding carboxylic acids is 1. The molecule has 0 unspecified atom stereocenters. The molecule has 0 atom stereocenters. The Bertz CT molecular complexity index is 1080. The van der Waals surface area contributed by atoms with E-state index in [0.717, 1.165) is 68.2 Å². The van der Waals surface area contributed by atoms with Crippen LogP contribution >= 0.6 is 0 Å². The van der Waals surface area contributed by atoms with Crippen LogP contribution in [-0.4, -0.2) is 60.0 Å². The van der Waals surface area contributed by atoms with E-state index in [2.05, 4.69) is 47.4 Å². The Hall–Kier alpha value is -2.96. The van der Waals surface area contributed by atoms with Crippen molar-refractivity contribution in [3.63, 3.8) is 0 Å². The maximum atomic E-state index is 12.6. The summed E-state index contributed by atoms with van der Waals surface area (Å²) >= 11 is 0. The second kappa shape index (κ2) is 11.4. The molecule has 1 fully saturated rings. The van der Waals surface area contributed by atoms with Crippen LogP contribution in [0.2, 0.25) is 0 Å². The lowest BCUT2D eigenvalue weighted by atomic mass is 9.90. The number of amides is 1. The minimum absolute atomic E-state index is 0.0309. The molecule has 0 saturated carbocycles. The Labute approximate surface area is 202 Å². The van der Waals surface area contributed by atoms with Crippen LogP contribution in [0.15, 0.2) is 54.7 Å². The maximum absolute atomic E-state index is 12.6. The van der Waals surface area contributed by atoms with Gasteiger partial charge < -0.3 is 10.1 Å². The van der Waals surface area contributed by atoms with Gasteiger partial charge in [0.2, 0.25) is 0 Å². The minimum atomic E-state index is -0.0309. The third-order valence-corrected chi connectivity index (χ3v) is 6.72. The van der Waals surface area contributed by atoms with Crippen LogP contribution in [0.5, 0.6) is 0 Å². The van der Waals surface area contributed by atoms with Gasteiger partial charge in [-0.25, -0.2) is 4.68 Å². The van der Waals surface area contributed by atoms with Crippen LogP contribution in [-0.2, 0) is 4.74 Å². The quantitative estimate of drug-likeness (QED) is 0.498. The zero-order chi connectivity index (χ0) is 23.9. The molecule has 0 aliphatic carbocycles. The first-order chi connectivity index (χ1) is 16.6. The molecule has 34 heavy (non-hydrogen) atoms. The van der Waals surface area contributed by atoms with E-state index in [-0.39, 0.29) is 5.91 Å². The summed E-state index contributed by atoms with van der Waals surface area (Å²) in [6, 6.07) is 16.6. The van der Waals surface area contributed by atoms with Crippen molar-refractivity contribution in [1.29, 1.82) is 0 Å². The summed E-state index contributed by atoms with van der Waals surface area (Å²) in [5.41, 5.74) is 6.35. The van der Waals surface area contributed by atoms with Crippen molar-refractivity contribution in [3.8, 4) is 16.8 Å². The van der Waals surface area contributed by atoms with Gasteiger partial charge in [0.25, 0.3) is 5.91 Å². The summed E-state index contributed by atoms with van der Waals surface area (Å²) in [6.45, 7) is 11.4. The first-order valence-corrected chi connectivity index (χ1v) is 12.4. The topological polar surface area (TPSA) is 59.4 Å². The van der Waals surface area contributed by atoms with Gasteiger partial charge in [0.1, 0.15) is 0 Å². The van der Waals surface area contributed by atoms with E-state index in [9.17, 15) is 4.79 Å².